The summed E-state index contributed by atoms with van der Waals surface area (Å²) < 4.78 is 8.04. The summed E-state index contributed by atoms with van der Waals surface area (Å²) in [4.78, 5) is 16.5. The first-order valence-electron chi connectivity index (χ1n) is 7.77. The molecule has 3 heterocycles. The van der Waals surface area contributed by atoms with Crippen molar-refractivity contribution in [3.8, 4) is 11.3 Å². The highest BCUT2D eigenvalue weighted by molar-refractivity contribution is 5.80. The van der Waals surface area contributed by atoms with Crippen LogP contribution in [0.25, 0.3) is 22.3 Å². The van der Waals surface area contributed by atoms with Gasteiger partial charge in [0.1, 0.15) is 7.24 Å². The fraction of sp³-hybridized carbons (Fsp3) is 0.312. The highest BCUT2D eigenvalue weighted by atomic mass is 15.0. The number of nitrogens with zero attached hydrogens (tertiary/aromatic N) is 3. The molecule has 2 aromatic heterocycles. The summed E-state index contributed by atoms with van der Waals surface area (Å²) >= 11 is 0. The quantitative estimate of drug-likeness (QED) is 0.757. The molecule has 4 rings (SSSR count). The molecule has 0 spiro atoms. The molecule has 2 N–H and O–H groups in total. The maximum atomic E-state index is 8.04. The van der Waals surface area contributed by atoms with Crippen molar-refractivity contribution in [2.24, 2.45) is 0 Å². The monoisotopic (exact) mass is 280 g/mol. The van der Waals surface area contributed by atoms with Gasteiger partial charge >= 0.3 is 0 Å². The lowest BCUT2D eigenvalue weighted by atomic mass is 10.0. The molecule has 5 heteroatoms. The van der Waals surface area contributed by atoms with Crippen LogP contribution >= 0.6 is 0 Å². The molecule has 1 saturated heterocycles. The number of fused-ring (bicyclic) bond motifs is 1. The summed E-state index contributed by atoms with van der Waals surface area (Å²) in [6.07, 6.45) is 8.47. The van der Waals surface area contributed by atoms with Gasteiger partial charge in [0.15, 0.2) is 0 Å². The number of nitrogens with one attached hydrogen (secondary N) is 2. The molecule has 0 saturated carbocycles. The van der Waals surface area contributed by atoms with Gasteiger partial charge in [-0.25, -0.2) is 4.98 Å². The van der Waals surface area contributed by atoms with Crippen LogP contribution in [0.3, 0.4) is 0 Å². The van der Waals surface area contributed by atoms with E-state index in [-0.39, 0.29) is 6.04 Å². The zero-order valence-corrected chi connectivity index (χ0v) is 11.7. The highest BCUT2D eigenvalue weighted by Crippen LogP contribution is 2.25. The standard InChI is InChI=1S/C16H17N5/c1-2-6-17-13(3-1)16-20-10-15(21-16)11-4-5-12-14(9-11)19-8-7-18-12/h4-5,7-10,13,17H,1-3,6H2,(H,20,21)/i/hD. The summed E-state index contributed by atoms with van der Waals surface area (Å²) in [5.74, 6) is 0.879. The van der Waals surface area contributed by atoms with E-state index in [0.29, 0.717) is 0 Å². The zero-order valence-electron chi connectivity index (χ0n) is 12.7. The molecule has 0 amide bonds. The molecular formula is C16H17N5. The van der Waals surface area contributed by atoms with E-state index in [1.165, 1.54) is 0 Å². The van der Waals surface area contributed by atoms with Crippen LogP contribution < -0.4 is 5.31 Å². The molecule has 0 radical (unpaired) electrons. The third-order valence-electron chi connectivity index (χ3n) is 3.93. The van der Waals surface area contributed by atoms with Crippen LogP contribution in [-0.2, 0) is 0 Å². The molecule has 21 heavy (non-hydrogen) atoms. The average molecular weight is 280 g/mol. The normalized spacial score (nSPS) is 20.6. The lowest BCUT2D eigenvalue weighted by molar-refractivity contribution is 0.399. The van der Waals surface area contributed by atoms with Gasteiger partial charge in [-0.2, -0.15) is 0 Å². The van der Waals surface area contributed by atoms with Crippen molar-refractivity contribution >= 4 is 11.0 Å². The first kappa shape index (κ1) is 11.4. The molecular weight excluding hydrogens is 262 g/mol. The lowest BCUT2D eigenvalue weighted by Crippen LogP contribution is -2.27. The van der Waals surface area contributed by atoms with Crippen LogP contribution in [0.5, 0.6) is 0 Å². The van der Waals surface area contributed by atoms with Crippen molar-refractivity contribution in [3.05, 3.63) is 42.6 Å². The van der Waals surface area contributed by atoms with E-state index in [4.69, 9.17) is 1.41 Å². The fourth-order valence-electron chi connectivity index (χ4n) is 2.79. The Morgan fingerprint density at radius 3 is 2.90 bits per heavy atom. The van der Waals surface area contributed by atoms with Crippen LogP contribution in [0.4, 0.5) is 0 Å². The minimum atomic E-state index is 0.0720. The zero-order chi connectivity index (χ0) is 14.9. The summed E-state index contributed by atoms with van der Waals surface area (Å²) in [5, 5.41) is 1.64. The molecule has 1 aromatic carbocycles. The molecule has 0 bridgehead atoms. The van der Waals surface area contributed by atoms with Crippen LogP contribution in [0.2, 0.25) is 1.41 Å². The van der Waals surface area contributed by atoms with Gasteiger partial charge in [-0.3, -0.25) is 9.97 Å². The van der Waals surface area contributed by atoms with Gasteiger partial charge in [0.25, 0.3) is 0 Å². The topological polar surface area (TPSA) is 66.5 Å². The highest BCUT2D eigenvalue weighted by Gasteiger charge is 2.17. The van der Waals surface area contributed by atoms with E-state index >= 15 is 0 Å². The maximum Gasteiger partial charge on any atom is 0.123 e. The summed E-state index contributed by atoms with van der Waals surface area (Å²) in [5.41, 5.74) is 3.76. The van der Waals surface area contributed by atoms with Crippen molar-refractivity contribution < 1.29 is 1.41 Å². The maximum absolute atomic E-state index is 8.04. The van der Waals surface area contributed by atoms with E-state index in [2.05, 4.69) is 19.9 Å². The molecule has 1 aliphatic heterocycles. The van der Waals surface area contributed by atoms with E-state index in [1.54, 1.807) is 17.7 Å². The first-order valence-corrected chi connectivity index (χ1v) is 7.33. The van der Waals surface area contributed by atoms with Gasteiger partial charge in [0, 0.05) is 18.0 Å². The second kappa shape index (κ2) is 5.26. The van der Waals surface area contributed by atoms with Gasteiger partial charge in [-0.05, 0) is 31.5 Å². The molecule has 106 valence electrons. The first-order chi connectivity index (χ1) is 10.8. The van der Waals surface area contributed by atoms with Crippen LogP contribution in [0.15, 0.2) is 36.8 Å². The SMILES string of the molecule is [2H]N1CCCCC1c1ncc(-c2ccc3nccnc3c2)[nH]1. The Balaban J connectivity index is 1.67. The Morgan fingerprint density at radius 1 is 1.10 bits per heavy atom. The van der Waals surface area contributed by atoms with Gasteiger partial charge in [-0.15, -0.1) is 0 Å². The summed E-state index contributed by atoms with van der Waals surface area (Å²) in [6.45, 7) is 0.812. The number of imidazole rings is 1. The Labute approximate surface area is 124 Å². The smallest absolute Gasteiger partial charge is 0.123 e. The molecule has 1 atom stereocenters. The van der Waals surface area contributed by atoms with Gasteiger partial charge in [0.2, 0.25) is 0 Å². The van der Waals surface area contributed by atoms with Crippen LogP contribution in [0.1, 0.15) is 31.1 Å². The average Bonchev–Trinajstić information content (AvgIpc) is 3.04. The van der Waals surface area contributed by atoms with Crippen molar-refractivity contribution in [2.75, 3.05) is 6.54 Å². The molecule has 1 unspecified atom stereocenters. The Hall–Kier alpha value is -2.27. The summed E-state index contributed by atoms with van der Waals surface area (Å²) in [7, 11) is 0. The number of hydrogen-bond acceptors (Lipinski definition) is 4. The Bertz CT molecular complexity index is 800. The Kier molecular flexibility index (Phi) is 2.85. The number of H-pyrrole nitrogens is 1. The van der Waals surface area contributed by atoms with Crippen LogP contribution in [0, 0.1) is 0 Å². The van der Waals surface area contributed by atoms with Crippen molar-refractivity contribution in [2.45, 2.75) is 25.3 Å². The second-order valence-electron chi connectivity index (χ2n) is 5.36. The number of aromatic amines is 1. The van der Waals surface area contributed by atoms with Gasteiger partial charge < -0.3 is 10.3 Å². The van der Waals surface area contributed by atoms with Crippen molar-refractivity contribution in [1.82, 2.24) is 25.2 Å². The van der Waals surface area contributed by atoms with Gasteiger partial charge in [-0.1, -0.05) is 12.5 Å². The molecule has 1 fully saturated rings. The third kappa shape index (κ3) is 2.40. The fourth-order valence-corrected chi connectivity index (χ4v) is 2.79. The van der Waals surface area contributed by atoms with Crippen molar-refractivity contribution in [1.29, 1.82) is 0 Å². The molecule has 5 nitrogen and oxygen atoms in total. The van der Waals surface area contributed by atoms with E-state index in [0.717, 1.165) is 53.9 Å². The summed E-state index contributed by atoms with van der Waals surface area (Å²) in [6, 6.07) is 6.07. The largest absolute Gasteiger partial charge is 0.341 e. The number of aromatic nitrogens is 4. The number of rotatable bonds is 2. The Morgan fingerprint density at radius 2 is 2.00 bits per heavy atom. The lowest BCUT2D eigenvalue weighted by Gasteiger charge is -2.21. The minimum Gasteiger partial charge on any atom is -0.341 e. The van der Waals surface area contributed by atoms with E-state index < -0.39 is 0 Å². The van der Waals surface area contributed by atoms with E-state index in [1.807, 2.05) is 24.4 Å². The van der Waals surface area contributed by atoms with Gasteiger partial charge in [0.05, 0.1) is 29.0 Å². The molecule has 0 aliphatic carbocycles. The molecule has 1 aliphatic rings. The number of hydrogen-bond donors (Lipinski definition) is 2. The second-order valence-corrected chi connectivity index (χ2v) is 5.36. The predicted octanol–water partition coefficient (Wildman–Crippen LogP) is 2.83. The van der Waals surface area contributed by atoms with Crippen molar-refractivity contribution in [3.63, 3.8) is 0 Å². The predicted molar refractivity (Wildman–Crippen MR) is 81.7 cm³/mol. The third-order valence-corrected chi connectivity index (χ3v) is 3.93. The van der Waals surface area contributed by atoms with Crippen LogP contribution in [-0.4, -0.2) is 26.5 Å². The minimum absolute atomic E-state index is 0.0720. The molecule has 3 aromatic rings. The number of benzene rings is 1. The number of piperidine rings is 1. The van der Waals surface area contributed by atoms with E-state index in [9.17, 15) is 0 Å².